The van der Waals surface area contributed by atoms with Crippen LogP contribution >= 0.6 is 12.4 Å². The van der Waals surface area contributed by atoms with Crippen molar-refractivity contribution in [2.75, 3.05) is 27.3 Å². The lowest BCUT2D eigenvalue weighted by molar-refractivity contribution is -0.131. The van der Waals surface area contributed by atoms with E-state index in [1.807, 2.05) is 53.4 Å². The van der Waals surface area contributed by atoms with Gasteiger partial charge in [-0.3, -0.25) is 4.79 Å². The van der Waals surface area contributed by atoms with E-state index in [1.54, 1.807) is 14.2 Å². The second-order valence-corrected chi connectivity index (χ2v) is 5.80. The van der Waals surface area contributed by atoms with Gasteiger partial charge in [0.1, 0.15) is 11.5 Å². The fourth-order valence-corrected chi connectivity index (χ4v) is 2.67. The number of hydrogen-bond donors (Lipinski definition) is 1. The highest BCUT2D eigenvalue weighted by Gasteiger charge is 2.17. The molecule has 26 heavy (non-hydrogen) atoms. The molecule has 0 aliphatic carbocycles. The standard InChI is InChI=1S/C20H26N2O3.ClH/c1-24-18-9-10-19(25-2)17(13-18)14-20(23)22(12-6-11-21)15-16-7-4-3-5-8-16;/h3-5,7-10,13H,6,11-12,14-15,21H2,1-2H3;1H. The van der Waals surface area contributed by atoms with Gasteiger partial charge >= 0.3 is 0 Å². The number of benzene rings is 2. The number of hydrogen-bond acceptors (Lipinski definition) is 4. The monoisotopic (exact) mass is 378 g/mol. The van der Waals surface area contributed by atoms with Gasteiger partial charge in [-0.1, -0.05) is 30.3 Å². The topological polar surface area (TPSA) is 64.8 Å². The molecule has 0 saturated heterocycles. The Hall–Kier alpha value is -2.24. The zero-order valence-electron chi connectivity index (χ0n) is 15.3. The van der Waals surface area contributed by atoms with Gasteiger partial charge in [0.15, 0.2) is 0 Å². The minimum absolute atomic E-state index is 0. The van der Waals surface area contributed by atoms with Crippen LogP contribution < -0.4 is 15.2 Å². The molecule has 0 spiro atoms. The lowest BCUT2D eigenvalue weighted by atomic mass is 10.1. The van der Waals surface area contributed by atoms with E-state index < -0.39 is 0 Å². The lowest BCUT2D eigenvalue weighted by Crippen LogP contribution is -2.33. The molecule has 0 bridgehead atoms. The highest BCUT2D eigenvalue weighted by Crippen LogP contribution is 2.25. The van der Waals surface area contributed by atoms with Gasteiger partial charge in [-0.25, -0.2) is 0 Å². The van der Waals surface area contributed by atoms with Crippen LogP contribution in [-0.2, 0) is 17.8 Å². The third-order valence-corrected chi connectivity index (χ3v) is 4.03. The van der Waals surface area contributed by atoms with E-state index in [9.17, 15) is 4.79 Å². The molecule has 0 radical (unpaired) electrons. The molecule has 0 heterocycles. The van der Waals surface area contributed by atoms with Gasteiger partial charge in [0, 0.05) is 18.7 Å². The summed E-state index contributed by atoms with van der Waals surface area (Å²) >= 11 is 0. The maximum atomic E-state index is 12.9. The number of carbonyl (C=O) groups excluding carboxylic acids is 1. The smallest absolute Gasteiger partial charge is 0.227 e. The van der Waals surface area contributed by atoms with Crippen molar-refractivity contribution in [2.24, 2.45) is 5.73 Å². The first kappa shape index (κ1) is 21.8. The van der Waals surface area contributed by atoms with Crippen LogP contribution in [0, 0.1) is 0 Å². The average Bonchev–Trinajstić information content (AvgIpc) is 2.65. The van der Waals surface area contributed by atoms with Crippen LogP contribution in [0.2, 0.25) is 0 Å². The van der Waals surface area contributed by atoms with Crippen molar-refractivity contribution in [1.29, 1.82) is 0 Å². The van der Waals surface area contributed by atoms with Crippen molar-refractivity contribution < 1.29 is 14.3 Å². The average molecular weight is 379 g/mol. The number of halogens is 1. The summed E-state index contributed by atoms with van der Waals surface area (Å²) in [5, 5.41) is 0. The summed E-state index contributed by atoms with van der Waals surface area (Å²) in [7, 11) is 3.21. The Morgan fingerprint density at radius 2 is 1.81 bits per heavy atom. The van der Waals surface area contributed by atoms with Gasteiger partial charge in [0.2, 0.25) is 5.91 Å². The first-order valence-corrected chi connectivity index (χ1v) is 8.40. The molecule has 6 heteroatoms. The van der Waals surface area contributed by atoms with Crippen molar-refractivity contribution in [3.63, 3.8) is 0 Å². The largest absolute Gasteiger partial charge is 0.497 e. The van der Waals surface area contributed by atoms with Crippen molar-refractivity contribution in [3.8, 4) is 11.5 Å². The first-order valence-electron chi connectivity index (χ1n) is 8.40. The molecular weight excluding hydrogens is 352 g/mol. The van der Waals surface area contributed by atoms with Crippen LogP contribution in [0.1, 0.15) is 17.5 Å². The summed E-state index contributed by atoms with van der Waals surface area (Å²) < 4.78 is 10.6. The molecule has 0 atom stereocenters. The van der Waals surface area contributed by atoms with E-state index in [0.717, 1.165) is 17.5 Å². The molecular formula is C20H27ClN2O3. The zero-order valence-corrected chi connectivity index (χ0v) is 16.1. The SMILES string of the molecule is COc1ccc(OC)c(CC(=O)N(CCCN)Cc2ccccc2)c1.Cl. The predicted octanol–water partition coefficient (Wildman–Crippen LogP) is 3.05. The number of nitrogens with two attached hydrogens (primary N) is 1. The fraction of sp³-hybridized carbons (Fsp3) is 0.350. The van der Waals surface area contributed by atoms with Crippen LogP contribution in [-0.4, -0.2) is 38.1 Å². The van der Waals surface area contributed by atoms with Gasteiger partial charge in [-0.15, -0.1) is 12.4 Å². The molecule has 0 unspecified atom stereocenters. The molecule has 1 amide bonds. The van der Waals surface area contributed by atoms with E-state index in [2.05, 4.69) is 0 Å². The van der Waals surface area contributed by atoms with Crippen LogP contribution in [0.25, 0.3) is 0 Å². The van der Waals surface area contributed by atoms with E-state index >= 15 is 0 Å². The maximum Gasteiger partial charge on any atom is 0.227 e. The van der Waals surface area contributed by atoms with Gasteiger partial charge in [-0.2, -0.15) is 0 Å². The minimum atomic E-state index is 0. The fourth-order valence-electron chi connectivity index (χ4n) is 2.67. The molecule has 0 fully saturated rings. The lowest BCUT2D eigenvalue weighted by Gasteiger charge is -2.23. The third kappa shape index (κ3) is 6.24. The Labute approximate surface area is 161 Å². The Morgan fingerprint density at radius 1 is 1.08 bits per heavy atom. The Kier molecular flexibility index (Phi) is 9.55. The van der Waals surface area contributed by atoms with Crippen LogP contribution in [0.5, 0.6) is 11.5 Å². The summed E-state index contributed by atoms with van der Waals surface area (Å²) in [6, 6.07) is 15.5. The van der Waals surface area contributed by atoms with E-state index in [4.69, 9.17) is 15.2 Å². The van der Waals surface area contributed by atoms with E-state index in [0.29, 0.717) is 31.1 Å². The summed E-state index contributed by atoms with van der Waals surface area (Å²) in [5.41, 5.74) is 7.55. The second kappa shape index (κ2) is 11.4. The number of ether oxygens (including phenoxy) is 2. The number of carbonyl (C=O) groups is 1. The van der Waals surface area contributed by atoms with Crippen molar-refractivity contribution in [3.05, 3.63) is 59.7 Å². The highest BCUT2D eigenvalue weighted by atomic mass is 35.5. The van der Waals surface area contributed by atoms with E-state index in [-0.39, 0.29) is 24.7 Å². The minimum Gasteiger partial charge on any atom is -0.497 e. The van der Waals surface area contributed by atoms with Gasteiger partial charge in [0.05, 0.1) is 20.6 Å². The Bertz CT molecular complexity index is 680. The Morgan fingerprint density at radius 3 is 2.42 bits per heavy atom. The molecule has 0 aromatic heterocycles. The summed E-state index contributed by atoms with van der Waals surface area (Å²) in [6.45, 7) is 1.77. The van der Waals surface area contributed by atoms with Gasteiger partial charge in [0.25, 0.3) is 0 Å². The zero-order chi connectivity index (χ0) is 18.1. The quantitative estimate of drug-likeness (QED) is 0.728. The third-order valence-electron chi connectivity index (χ3n) is 4.03. The number of nitrogens with zero attached hydrogens (tertiary/aromatic N) is 1. The molecule has 2 aromatic rings. The molecule has 0 aliphatic heterocycles. The molecule has 2 aromatic carbocycles. The maximum absolute atomic E-state index is 12.9. The summed E-state index contributed by atoms with van der Waals surface area (Å²) in [6.07, 6.45) is 1.03. The van der Waals surface area contributed by atoms with Gasteiger partial charge in [-0.05, 0) is 36.7 Å². The van der Waals surface area contributed by atoms with E-state index in [1.165, 1.54) is 0 Å². The second-order valence-electron chi connectivity index (χ2n) is 5.80. The number of methoxy groups -OCH3 is 2. The van der Waals surface area contributed by atoms with Crippen molar-refractivity contribution in [1.82, 2.24) is 4.90 Å². The van der Waals surface area contributed by atoms with Crippen LogP contribution in [0.3, 0.4) is 0 Å². The number of rotatable bonds is 9. The normalized spacial score (nSPS) is 9.96. The van der Waals surface area contributed by atoms with Gasteiger partial charge < -0.3 is 20.1 Å². The molecule has 2 N–H and O–H groups in total. The van der Waals surface area contributed by atoms with Crippen LogP contribution in [0.4, 0.5) is 0 Å². The van der Waals surface area contributed by atoms with Crippen molar-refractivity contribution >= 4 is 18.3 Å². The molecule has 5 nitrogen and oxygen atoms in total. The Balaban J connectivity index is 0.00000338. The summed E-state index contributed by atoms with van der Waals surface area (Å²) in [4.78, 5) is 14.7. The number of amides is 1. The molecule has 2 rings (SSSR count). The molecule has 142 valence electrons. The molecule has 0 saturated carbocycles. The summed E-state index contributed by atoms with van der Waals surface area (Å²) in [5.74, 6) is 1.44. The molecule has 0 aliphatic rings. The first-order chi connectivity index (χ1) is 12.2. The van der Waals surface area contributed by atoms with Crippen LogP contribution in [0.15, 0.2) is 48.5 Å². The predicted molar refractivity (Wildman–Crippen MR) is 106 cm³/mol. The highest BCUT2D eigenvalue weighted by molar-refractivity contribution is 5.85. The van der Waals surface area contributed by atoms with Crippen molar-refractivity contribution in [2.45, 2.75) is 19.4 Å².